The molecule has 0 saturated heterocycles. The first-order chi connectivity index (χ1) is 11.8. The molecule has 0 aromatic rings. The number of rotatable bonds is 13. The van der Waals surface area contributed by atoms with Crippen LogP contribution in [-0.4, -0.2) is 50.7 Å². The predicted octanol–water partition coefficient (Wildman–Crippen LogP) is 1.98. The highest BCUT2D eigenvalue weighted by molar-refractivity contribution is 7.91. The van der Waals surface area contributed by atoms with E-state index in [0.29, 0.717) is 31.2 Å². The molecule has 1 fully saturated rings. The number of hydrogen-bond acceptors (Lipinski definition) is 5. The van der Waals surface area contributed by atoms with Crippen molar-refractivity contribution < 1.29 is 18.0 Å². The van der Waals surface area contributed by atoms with Gasteiger partial charge in [-0.1, -0.05) is 32.6 Å². The number of carbonyl (C=O) groups is 2. The molecule has 0 aromatic carbocycles. The summed E-state index contributed by atoms with van der Waals surface area (Å²) in [5, 5.41) is 6.36. The lowest BCUT2D eigenvalue weighted by Gasteiger charge is -2.22. The Kier molecular flexibility index (Phi) is 10.3. The third-order valence-corrected chi connectivity index (χ3v) is 5.46. The highest BCUT2D eigenvalue weighted by Gasteiger charge is 2.19. The average molecular weight is 375 g/mol. The Bertz CT molecular complexity index is 513. The molecule has 0 radical (unpaired) electrons. The standard InChI is InChI=1S/C18H34N2O4S/c1-3-17(21)12-6-4-5-11-16(13-19-15-9-7-8-10-15)20-18(22)14-25(2,23)24/h15-16,19H,3-14H2,1-2H3,(H,20,22). The zero-order valence-corrected chi connectivity index (χ0v) is 16.5. The molecule has 1 amide bonds. The molecule has 2 N–H and O–H groups in total. The quantitative estimate of drug-likeness (QED) is 0.481. The summed E-state index contributed by atoms with van der Waals surface area (Å²) in [5.74, 6) is -0.597. The van der Waals surface area contributed by atoms with Gasteiger partial charge in [-0.15, -0.1) is 0 Å². The van der Waals surface area contributed by atoms with E-state index in [2.05, 4.69) is 10.6 Å². The van der Waals surface area contributed by atoms with Crippen molar-refractivity contribution in [2.75, 3.05) is 18.6 Å². The molecule has 1 atom stereocenters. The van der Waals surface area contributed by atoms with Gasteiger partial charge in [0.25, 0.3) is 0 Å². The fourth-order valence-electron chi connectivity index (χ4n) is 3.24. The van der Waals surface area contributed by atoms with Crippen LogP contribution in [0.15, 0.2) is 0 Å². The molecule has 146 valence electrons. The van der Waals surface area contributed by atoms with Crippen molar-refractivity contribution in [1.29, 1.82) is 0 Å². The van der Waals surface area contributed by atoms with Crippen LogP contribution in [0.2, 0.25) is 0 Å². The Hall–Kier alpha value is -0.950. The number of carbonyl (C=O) groups excluding carboxylic acids is 2. The van der Waals surface area contributed by atoms with Gasteiger partial charge in [0.05, 0.1) is 0 Å². The van der Waals surface area contributed by atoms with E-state index in [1.807, 2.05) is 6.92 Å². The number of hydrogen-bond donors (Lipinski definition) is 2. The van der Waals surface area contributed by atoms with Crippen LogP contribution in [-0.2, 0) is 19.4 Å². The van der Waals surface area contributed by atoms with Crippen LogP contribution < -0.4 is 10.6 Å². The maximum atomic E-state index is 11.9. The van der Waals surface area contributed by atoms with E-state index in [1.165, 1.54) is 25.7 Å². The van der Waals surface area contributed by atoms with E-state index in [1.54, 1.807) is 0 Å². The Labute approximate surface area is 152 Å². The Balaban J connectivity index is 2.37. The van der Waals surface area contributed by atoms with Crippen molar-refractivity contribution in [1.82, 2.24) is 10.6 Å². The lowest BCUT2D eigenvalue weighted by Crippen LogP contribution is -2.46. The molecule has 0 bridgehead atoms. The molecule has 0 aliphatic heterocycles. The zero-order valence-electron chi connectivity index (χ0n) is 15.7. The first-order valence-corrected chi connectivity index (χ1v) is 11.6. The highest BCUT2D eigenvalue weighted by atomic mass is 32.2. The first kappa shape index (κ1) is 22.1. The van der Waals surface area contributed by atoms with Crippen LogP contribution in [0, 0.1) is 0 Å². The molecule has 25 heavy (non-hydrogen) atoms. The van der Waals surface area contributed by atoms with Crippen molar-refractivity contribution in [3.8, 4) is 0 Å². The van der Waals surface area contributed by atoms with E-state index in [-0.39, 0.29) is 6.04 Å². The van der Waals surface area contributed by atoms with Gasteiger partial charge < -0.3 is 10.6 Å². The second-order valence-electron chi connectivity index (χ2n) is 7.22. The molecule has 1 rings (SSSR count). The summed E-state index contributed by atoms with van der Waals surface area (Å²) in [6.07, 6.45) is 10.7. The summed E-state index contributed by atoms with van der Waals surface area (Å²) in [7, 11) is -3.31. The molecule has 7 heteroatoms. The van der Waals surface area contributed by atoms with Crippen molar-refractivity contribution in [2.24, 2.45) is 0 Å². The van der Waals surface area contributed by atoms with Gasteiger partial charge in [0.2, 0.25) is 5.91 Å². The number of unbranched alkanes of at least 4 members (excludes halogenated alkanes) is 2. The third-order valence-electron chi connectivity index (χ3n) is 4.67. The predicted molar refractivity (Wildman–Crippen MR) is 100 cm³/mol. The number of nitrogens with one attached hydrogen (secondary N) is 2. The van der Waals surface area contributed by atoms with E-state index in [9.17, 15) is 18.0 Å². The van der Waals surface area contributed by atoms with Gasteiger partial charge in [-0.25, -0.2) is 8.42 Å². The van der Waals surface area contributed by atoms with E-state index in [4.69, 9.17) is 0 Å². The molecule has 0 aromatic heterocycles. The van der Waals surface area contributed by atoms with Gasteiger partial charge in [-0.05, 0) is 25.7 Å². The summed E-state index contributed by atoms with van der Waals surface area (Å²) in [6, 6.07) is 0.452. The molecular weight excluding hydrogens is 340 g/mol. The monoisotopic (exact) mass is 374 g/mol. The van der Waals surface area contributed by atoms with Crippen LogP contribution in [0.5, 0.6) is 0 Å². The minimum atomic E-state index is -3.31. The minimum Gasteiger partial charge on any atom is -0.351 e. The fourth-order valence-corrected chi connectivity index (χ4v) is 3.80. The average Bonchev–Trinajstić information content (AvgIpc) is 3.03. The smallest absolute Gasteiger partial charge is 0.235 e. The van der Waals surface area contributed by atoms with Gasteiger partial charge in [-0.2, -0.15) is 0 Å². The normalized spacial score (nSPS) is 16.7. The molecular formula is C18H34N2O4S. The van der Waals surface area contributed by atoms with Gasteiger partial charge in [0.15, 0.2) is 9.84 Å². The van der Waals surface area contributed by atoms with E-state index >= 15 is 0 Å². The van der Waals surface area contributed by atoms with Gasteiger partial charge >= 0.3 is 0 Å². The fraction of sp³-hybridized carbons (Fsp3) is 0.889. The van der Waals surface area contributed by atoms with Gasteiger partial charge in [-0.3, -0.25) is 9.59 Å². The maximum Gasteiger partial charge on any atom is 0.235 e. The number of Topliss-reactive ketones (excluding diaryl/α,β-unsaturated/α-hetero) is 1. The van der Waals surface area contributed by atoms with Crippen LogP contribution in [0.1, 0.15) is 71.1 Å². The molecule has 6 nitrogen and oxygen atoms in total. The Morgan fingerprint density at radius 1 is 1.12 bits per heavy atom. The van der Waals surface area contributed by atoms with E-state index < -0.39 is 21.5 Å². The number of ketones is 1. The van der Waals surface area contributed by atoms with Crippen molar-refractivity contribution in [3.05, 3.63) is 0 Å². The molecule has 0 heterocycles. The largest absolute Gasteiger partial charge is 0.351 e. The molecule has 1 saturated carbocycles. The lowest BCUT2D eigenvalue weighted by molar-refractivity contribution is -0.119. The number of amides is 1. The second kappa shape index (κ2) is 11.6. The van der Waals surface area contributed by atoms with Crippen LogP contribution >= 0.6 is 0 Å². The van der Waals surface area contributed by atoms with E-state index in [0.717, 1.165) is 31.9 Å². The van der Waals surface area contributed by atoms with Crippen LogP contribution in [0.4, 0.5) is 0 Å². The zero-order chi connectivity index (χ0) is 18.7. The SMILES string of the molecule is CCC(=O)CCCCCC(CNC1CCCC1)NC(=O)CS(C)(=O)=O. The first-order valence-electron chi connectivity index (χ1n) is 9.52. The topological polar surface area (TPSA) is 92.3 Å². The lowest BCUT2D eigenvalue weighted by atomic mass is 10.0. The third kappa shape index (κ3) is 11.3. The van der Waals surface area contributed by atoms with Gasteiger partial charge in [0, 0.05) is 37.7 Å². The summed E-state index contributed by atoms with van der Waals surface area (Å²) in [6.45, 7) is 2.55. The number of sulfone groups is 1. The summed E-state index contributed by atoms with van der Waals surface area (Å²) < 4.78 is 22.5. The Morgan fingerprint density at radius 3 is 2.40 bits per heavy atom. The van der Waals surface area contributed by atoms with Crippen LogP contribution in [0.3, 0.4) is 0 Å². The molecule has 0 spiro atoms. The van der Waals surface area contributed by atoms with Crippen LogP contribution in [0.25, 0.3) is 0 Å². The van der Waals surface area contributed by atoms with Crippen molar-refractivity contribution >= 4 is 21.5 Å². The minimum absolute atomic E-state index is 0.0586. The summed E-state index contributed by atoms with van der Waals surface area (Å²) in [5.41, 5.74) is 0. The summed E-state index contributed by atoms with van der Waals surface area (Å²) >= 11 is 0. The maximum absolute atomic E-state index is 11.9. The molecule has 1 aliphatic rings. The van der Waals surface area contributed by atoms with Crippen molar-refractivity contribution in [3.63, 3.8) is 0 Å². The Morgan fingerprint density at radius 2 is 1.80 bits per heavy atom. The van der Waals surface area contributed by atoms with Gasteiger partial charge in [0.1, 0.15) is 11.5 Å². The second-order valence-corrected chi connectivity index (χ2v) is 9.36. The molecule has 1 unspecified atom stereocenters. The molecule has 1 aliphatic carbocycles. The highest BCUT2D eigenvalue weighted by Crippen LogP contribution is 2.17. The summed E-state index contributed by atoms with van der Waals surface area (Å²) in [4.78, 5) is 23.2. The van der Waals surface area contributed by atoms with Crippen molar-refractivity contribution in [2.45, 2.75) is 83.2 Å².